The van der Waals surface area contributed by atoms with Crippen LogP contribution < -0.4 is 5.56 Å². The van der Waals surface area contributed by atoms with Gasteiger partial charge in [0.15, 0.2) is 5.78 Å². The molecule has 3 rings (SSSR count). The molecular weight excluding hydrogens is 292 g/mol. The molecule has 5 heteroatoms. The van der Waals surface area contributed by atoms with E-state index in [9.17, 15) is 14.4 Å². The Bertz CT molecular complexity index is 701. The summed E-state index contributed by atoms with van der Waals surface area (Å²) in [5, 5.41) is 0. The van der Waals surface area contributed by atoms with Crippen LogP contribution in [0.5, 0.6) is 0 Å². The number of amides is 1. The van der Waals surface area contributed by atoms with E-state index in [1.807, 2.05) is 11.8 Å². The van der Waals surface area contributed by atoms with Crippen LogP contribution in [0.15, 0.2) is 10.9 Å². The van der Waals surface area contributed by atoms with Gasteiger partial charge in [0.2, 0.25) is 0 Å². The van der Waals surface area contributed by atoms with Gasteiger partial charge in [0.1, 0.15) is 5.56 Å². The first-order valence-electron chi connectivity index (χ1n) is 8.52. The van der Waals surface area contributed by atoms with E-state index < -0.39 is 0 Å². The molecule has 0 spiro atoms. The first-order valence-corrected chi connectivity index (χ1v) is 8.52. The van der Waals surface area contributed by atoms with E-state index in [1.54, 1.807) is 0 Å². The van der Waals surface area contributed by atoms with Gasteiger partial charge in [-0.2, -0.15) is 0 Å². The number of aromatic amines is 1. The van der Waals surface area contributed by atoms with Gasteiger partial charge in [-0.25, -0.2) is 0 Å². The Balaban J connectivity index is 2.00. The number of aromatic nitrogens is 1. The average Bonchev–Trinajstić information content (AvgIpc) is 3.31. The number of nitrogens with zero attached hydrogens (tertiary/aromatic N) is 1. The highest BCUT2D eigenvalue weighted by atomic mass is 16.2. The first-order chi connectivity index (χ1) is 10.9. The number of nitrogens with one attached hydrogen (secondary N) is 1. The van der Waals surface area contributed by atoms with Crippen molar-refractivity contribution in [2.45, 2.75) is 65.0 Å². The highest BCUT2D eigenvalue weighted by Crippen LogP contribution is 2.32. The number of carbonyl (C=O) groups is 2. The Hall–Kier alpha value is -1.91. The quantitative estimate of drug-likeness (QED) is 0.928. The molecule has 0 radical (unpaired) electrons. The molecule has 1 amide bonds. The number of carbonyl (C=O) groups excluding carboxylic acids is 2. The van der Waals surface area contributed by atoms with Crippen molar-refractivity contribution in [1.82, 2.24) is 9.88 Å². The molecule has 1 N–H and O–H groups in total. The Morgan fingerprint density at radius 1 is 1.22 bits per heavy atom. The lowest BCUT2D eigenvalue weighted by Gasteiger charge is -2.32. The molecule has 1 atom stereocenters. The monoisotopic (exact) mass is 316 g/mol. The molecule has 1 aromatic heterocycles. The fourth-order valence-corrected chi connectivity index (χ4v) is 3.23. The van der Waals surface area contributed by atoms with Gasteiger partial charge in [-0.15, -0.1) is 0 Å². The van der Waals surface area contributed by atoms with Crippen LogP contribution in [-0.4, -0.2) is 33.7 Å². The summed E-state index contributed by atoms with van der Waals surface area (Å²) in [6, 6.07) is 1.83. The molecular formula is C18H24N2O3. The van der Waals surface area contributed by atoms with Gasteiger partial charge in [0.05, 0.1) is 0 Å². The third kappa shape index (κ3) is 2.96. The molecule has 2 aliphatic carbocycles. The van der Waals surface area contributed by atoms with E-state index in [1.165, 1.54) is 6.07 Å². The standard InChI is InChI=1S/C18H24N2O3/c1-10(2)11(3)20(12-7-8-12)18(23)14-9-13-15(19-17(14)22)5-4-6-16(13)21/h9-12H,4-8H2,1-3H3,(H,19,22). The van der Waals surface area contributed by atoms with Crippen LogP contribution in [0.3, 0.4) is 0 Å². The van der Waals surface area contributed by atoms with Gasteiger partial charge >= 0.3 is 0 Å². The number of Topliss-reactive ketones (excluding diaryl/α,β-unsaturated/α-hetero) is 1. The maximum atomic E-state index is 13.0. The van der Waals surface area contributed by atoms with E-state index in [0.29, 0.717) is 30.0 Å². The van der Waals surface area contributed by atoms with Gasteiger partial charge in [-0.05, 0) is 44.6 Å². The summed E-state index contributed by atoms with van der Waals surface area (Å²) < 4.78 is 0. The minimum Gasteiger partial charge on any atom is -0.333 e. The third-order valence-electron chi connectivity index (χ3n) is 5.06. The summed E-state index contributed by atoms with van der Waals surface area (Å²) in [5.41, 5.74) is 0.938. The van der Waals surface area contributed by atoms with E-state index in [-0.39, 0.29) is 34.9 Å². The number of aryl methyl sites for hydroxylation is 1. The van der Waals surface area contributed by atoms with E-state index in [2.05, 4.69) is 18.8 Å². The van der Waals surface area contributed by atoms with Crippen molar-refractivity contribution in [2.24, 2.45) is 5.92 Å². The maximum Gasteiger partial charge on any atom is 0.261 e. The van der Waals surface area contributed by atoms with Crippen LogP contribution in [0, 0.1) is 5.92 Å². The average molecular weight is 316 g/mol. The molecule has 5 nitrogen and oxygen atoms in total. The zero-order valence-corrected chi connectivity index (χ0v) is 14.0. The van der Waals surface area contributed by atoms with Crippen molar-refractivity contribution in [3.8, 4) is 0 Å². The fourth-order valence-electron chi connectivity index (χ4n) is 3.23. The SMILES string of the molecule is CC(C)C(C)N(C(=O)c1cc2c([nH]c1=O)CCCC2=O)C1CC1. The number of hydrogen-bond acceptors (Lipinski definition) is 3. The minimum absolute atomic E-state index is 0.0198. The van der Waals surface area contributed by atoms with Crippen LogP contribution >= 0.6 is 0 Å². The molecule has 1 aromatic rings. The summed E-state index contributed by atoms with van der Waals surface area (Å²) >= 11 is 0. The van der Waals surface area contributed by atoms with Gasteiger partial charge < -0.3 is 9.88 Å². The normalized spacial score (nSPS) is 18.7. The zero-order chi connectivity index (χ0) is 16.7. The molecule has 1 unspecified atom stereocenters. The number of fused-ring (bicyclic) bond motifs is 1. The summed E-state index contributed by atoms with van der Waals surface area (Å²) in [5.74, 6) is 0.0976. The Morgan fingerprint density at radius 2 is 1.91 bits per heavy atom. The number of H-pyrrole nitrogens is 1. The molecule has 0 aromatic carbocycles. The van der Waals surface area contributed by atoms with Crippen molar-refractivity contribution in [2.75, 3.05) is 0 Å². The van der Waals surface area contributed by atoms with Crippen molar-refractivity contribution in [3.05, 3.63) is 33.2 Å². The van der Waals surface area contributed by atoms with Crippen molar-refractivity contribution < 1.29 is 9.59 Å². The summed E-state index contributed by atoms with van der Waals surface area (Å²) in [6.07, 6.45) is 3.92. The Morgan fingerprint density at radius 3 is 2.52 bits per heavy atom. The summed E-state index contributed by atoms with van der Waals surface area (Å²) in [7, 11) is 0. The summed E-state index contributed by atoms with van der Waals surface area (Å²) in [4.78, 5) is 42.0. The number of ketones is 1. The van der Waals surface area contributed by atoms with Crippen molar-refractivity contribution in [3.63, 3.8) is 0 Å². The Kier molecular flexibility index (Phi) is 4.13. The van der Waals surface area contributed by atoms with Gasteiger partial charge in [-0.3, -0.25) is 14.4 Å². The second kappa shape index (κ2) is 5.95. The zero-order valence-electron chi connectivity index (χ0n) is 14.0. The predicted molar refractivity (Wildman–Crippen MR) is 87.8 cm³/mol. The lowest BCUT2D eigenvalue weighted by Crippen LogP contribution is -2.45. The number of hydrogen-bond donors (Lipinski definition) is 1. The lowest BCUT2D eigenvalue weighted by atomic mass is 9.93. The third-order valence-corrected chi connectivity index (χ3v) is 5.06. The molecule has 23 heavy (non-hydrogen) atoms. The molecule has 1 saturated carbocycles. The maximum absolute atomic E-state index is 13.0. The second-order valence-electron chi connectivity index (χ2n) is 7.11. The largest absolute Gasteiger partial charge is 0.333 e. The minimum atomic E-state index is -0.370. The lowest BCUT2D eigenvalue weighted by molar-refractivity contribution is 0.0626. The smallest absolute Gasteiger partial charge is 0.261 e. The second-order valence-corrected chi connectivity index (χ2v) is 7.11. The van der Waals surface area contributed by atoms with Gasteiger partial charge in [0.25, 0.3) is 11.5 Å². The fraction of sp³-hybridized carbons (Fsp3) is 0.611. The number of rotatable bonds is 4. The molecule has 1 fully saturated rings. The molecule has 1 heterocycles. The number of pyridine rings is 1. The van der Waals surface area contributed by atoms with Gasteiger partial charge in [0, 0.05) is 29.8 Å². The molecule has 0 saturated heterocycles. The summed E-state index contributed by atoms with van der Waals surface area (Å²) in [6.45, 7) is 6.18. The van der Waals surface area contributed by atoms with E-state index in [4.69, 9.17) is 0 Å². The van der Waals surface area contributed by atoms with Crippen molar-refractivity contribution in [1.29, 1.82) is 0 Å². The molecule has 2 aliphatic rings. The molecule has 124 valence electrons. The van der Waals surface area contributed by atoms with Gasteiger partial charge in [-0.1, -0.05) is 13.8 Å². The molecule has 0 aliphatic heterocycles. The van der Waals surface area contributed by atoms with Crippen molar-refractivity contribution >= 4 is 11.7 Å². The van der Waals surface area contributed by atoms with Crippen LogP contribution in [-0.2, 0) is 6.42 Å². The predicted octanol–water partition coefficient (Wildman–Crippen LogP) is 2.54. The van der Waals surface area contributed by atoms with Crippen LogP contribution in [0.4, 0.5) is 0 Å². The highest BCUT2D eigenvalue weighted by Gasteiger charge is 2.38. The van der Waals surface area contributed by atoms with Crippen LogP contribution in [0.2, 0.25) is 0 Å². The van der Waals surface area contributed by atoms with Crippen LogP contribution in [0.25, 0.3) is 0 Å². The van der Waals surface area contributed by atoms with E-state index in [0.717, 1.165) is 19.3 Å². The Labute approximate surface area is 136 Å². The van der Waals surface area contributed by atoms with Crippen LogP contribution in [0.1, 0.15) is 72.9 Å². The first kappa shape index (κ1) is 16.0. The topological polar surface area (TPSA) is 70.2 Å². The van der Waals surface area contributed by atoms with E-state index >= 15 is 0 Å². The molecule has 0 bridgehead atoms. The highest BCUT2D eigenvalue weighted by molar-refractivity contribution is 6.01.